The highest BCUT2D eigenvalue weighted by atomic mass is 16.2. The molecule has 0 saturated carbocycles. The molecular weight excluding hydrogens is 228 g/mol. The molecule has 0 aliphatic heterocycles. The van der Waals surface area contributed by atoms with Crippen molar-refractivity contribution in [1.29, 1.82) is 0 Å². The molecule has 0 bridgehead atoms. The Bertz CT molecular complexity index is 560. The van der Waals surface area contributed by atoms with Crippen LogP contribution in [0.1, 0.15) is 29.9 Å². The molecule has 0 atom stereocenters. The molecule has 2 heterocycles. The third kappa shape index (κ3) is 2.74. The zero-order chi connectivity index (χ0) is 13.1. The molecule has 5 nitrogen and oxygen atoms in total. The maximum absolute atomic E-state index is 12.1. The van der Waals surface area contributed by atoms with Crippen LogP contribution in [0.3, 0.4) is 0 Å². The lowest BCUT2D eigenvalue weighted by Gasteiger charge is -2.09. The second kappa shape index (κ2) is 5.00. The van der Waals surface area contributed by atoms with Gasteiger partial charge in [0.15, 0.2) is 0 Å². The van der Waals surface area contributed by atoms with E-state index in [2.05, 4.69) is 15.4 Å². The van der Waals surface area contributed by atoms with Crippen LogP contribution in [0.25, 0.3) is 0 Å². The minimum Gasteiger partial charge on any atom is -0.368 e. The maximum Gasteiger partial charge on any atom is 0.296 e. The van der Waals surface area contributed by atoms with E-state index in [4.69, 9.17) is 0 Å². The molecule has 2 rings (SSSR count). The summed E-state index contributed by atoms with van der Waals surface area (Å²) in [4.78, 5) is 16.4. The lowest BCUT2D eigenvalue weighted by molar-refractivity contribution is 0.0940. The minimum atomic E-state index is -0.226. The molecule has 94 valence electrons. The lowest BCUT2D eigenvalue weighted by atomic mass is 10.3. The molecule has 0 radical (unpaired) electrons. The Morgan fingerprint density at radius 2 is 2.17 bits per heavy atom. The van der Waals surface area contributed by atoms with Crippen molar-refractivity contribution in [2.75, 3.05) is 5.32 Å². The Morgan fingerprint density at radius 1 is 1.39 bits per heavy atom. The highest BCUT2D eigenvalue weighted by Gasteiger charge is 2.11. The van der Waals surface area contributed by atoms with E-state index in [1.807, 2.05) is 26.8 Å². The minimum absolute atomic E-state index is 0.226. The molecule has 18 heavy (non-hydrogen) atoms. The van der Waals surface area contributed by atoms with Crippen molar-refractivity contribution in [2.45, 2.75) is 26.8 Å². The van der Waals surface area contributed by atoms with Gasteiger partial charge in [0.2, 0.25) is 0 Å². The number of pyridine rings is 1. The summed E-state index contributed by atoms with van der Waals surface area (Å²) in [6.07, 6.45) is 3.33. The first-order valence-electron chi connectivity index (χ1n) is 5.86. The van der Waals surface area contributed by atoms with Crippen LogP contribution in [-0.4, -0.2) is 26.7 Å². The van der Waals surface area contributed by atoms with Crippen LogP contribution in [0.5, 0.6) is 0 Å². The first-order valence-corrected chi connectivity index (χ1v) is 5.86. The van der Waals surface area contributed by atoms with Gasteiger partial charge >= 0.3 is 0 Å². The van der Waals surface area contributed by atoms with Crippen LogP contribution in [-0.2, 0) is 0 Å². The van der Waals surface area contributed by atoms with Gasteiger partial charge in [0.05, 0.1) is 6.20 Å². The molecule has 0 aliphatic carbocycles. The van der Waals surface area contributed by atoms with Crippen molar-refractivity contribution in [3.05, 3.63) is 41.9 Å². The molecule has 0 amide bonds. The summed E-state index contributed by atoms with van der Waals surface area (Å²) in [5.41, 5.74) is 1.32. The monoisotopic (exact) mass is 244 g/mol. The molecule has 0 aromatic carbocycles. The largest absolute Gasteiger partial charge is 0.368 e. The van der Waals surface area contributed by atoms with Gasteiger partial charge < -0.3 is 5.32 Å². The SMILES string of the molecule is Cc1cnn(C(=O)c2cccc(NC(C)C)n2)c1. The Labute approximate surface area is 106 Å². The number of nitrogens with zero attached hydrogens (tertiary/aromatic N) is 3. The first-order chi connectivity index (χ1) is 8.56. The number of rotatable bonds is 3. The quantitative estimate of drug-likeness (QED) is 0.898. The summed E-state index contributed by atoms with van der Waals surface area (Å²) in [6.45, 7) is 5.93. The standard InChI is InChI=1S/C13H16N4O/c1-9(2)15-12-6-4-5-11(16-12)13(18)17-8-10(3)7-14-17/h4-9H,1-3H3,(H,15,16). The van der Waals surface area contributed by atoms with E-state index < -0.39 is 0 Å². The molecule has 0 aliphatic rings. The summed E-state index contributed by atoms with van der Waals surface area (Å²) < 4.78 is 1.30. The normalized spacial score (nSPS) is 10.7. The smallest absolute Gasteiger partial charge is 0.296 e. The fourth-order valence-electron chi connectivity index (χ4n) is 1.57. The summed E-state index contributed by atoms with van der Waals surface area (Å²) in [7, 11) is 0. The fourth-order valence-corrected chi connectivity index (χ4v) is 1.57. The molecule has 0 spiro atoms. The van der Waals surface area contributed by atoms with Gasteiger partial charge in [-0.25, -0.2) is 9.67 Å². The fraction of sp³-hybridized carbons (Fsp3) is 0.308. The van der Waals surface area contributed by atoms with Gasteiger partial charge in [0.1, 0.15) is 11.5 Å². The average molecular weight is 244 g/mol. The molecule has 5 heteroatoms. The zero-order valence-electron chi connectivity index (χ0n) is 10.7. The number of carbonyl (C=O) groups is 1. The van der Waals surface area contributed by atoms with Gasteiger partial charge in [-0.15, -0.1) is 0 Å². The van der Waals surface area contributed by atoms with Gasteiger partial charge in [0, 0.05) is 12.2 Å². The van der Waals surface area contributed by atoms with E-state index >= 15 is 0 Å². The zero-order valence-corrected chi connectivity index (χ0v) is 10.7. The van der Waals surface area contributed by atoms with Gasteiger partial charge in [0.25, 0.3) is 5.91 Å². The van der Waals surface area contributed by atoms with Crippen molar-refractivity contribution in [3.8, 4) is 0 Å². The Hall–Kier alpha value is -2.17. The van der Waals surface area contributed by atoms with Gasteiger partial charge in [-0.2, -0.15) is 5.10 Å². The molecule has 2 aromatic rings. The third-order valence-electron chi connectivity index (χ3n) is 2.32. The average Bonchev–Trinajstić information content (AvgIpc) is 2.74. The third-order valence-corrected chi connectivity index (χ3v) is 2.32. The predicted octanol–water partition coefficient (Wildman–Crippen LogP) is 2.10. The molecule has 2 aromatic heterocycles. The number of carbonyl (C=O) groups excluding carboxylic acids is 1. The summed E-state index contributed by atoms with van der Waals surface area (Å²) in [6, 6.07) is 5.60. The number of anilines is 1. The topological polar surface area (TPSA) is 59.8 Å². The van der Waals surface area contributed by atoms with Crippen molar-refractivity contribution < 1.29 is 4.79 Å². The number of aromatic nitrogens is 3. The van der Waals surface area contributed by atoms with Crippen molar-refractivity contribution in [3.63, 3.8) is 0 Å². The van der Waals surface area contributed by atoms with E-state index in [0.717, 1.165) is 5.56 Å². The van der Waals surface area contributed by atoms with Crippen LogP contribution in [0, 0.1) is 6.92 Å². The summed E-state index contributed by atoms with van der Waals surface area (Å²) >= 11 is 0. The van der Waals surface area contributed by atoms with Gasteiger partial charge in [-0.3, -0.25) is 4.79 Å². The van der Waals surface area contributed by atoms with Crippen LogP contribution in [0.15, 0.2) is 30.6 Å². The molecule has 0 saturated heterocycles. The molecule has 0 unspecified atom stereocenters. The molecule has 0 fully saturated rings. The number of hydrogen-bond acceptors (Lipinski definition) is 4. The van der Waals surface area contributed by atoms with Crippen LogP contribution in [0.2, 0.25) is 0 Å². The summed E-state index contributed by atoms with van der Waals surface area (Å²) in [5, 5.41) is 7.15. The highest BCUT2D eigenvalue weighted by molar-refractivity contribution is 5.93. The van der Waals surface area contributed by atoms with E-state index in [-0.39, 0.29) is 11.9 Å². The number of hydrogen-bond donors (Lipinski definition) is 1. The molecule has 1 N–H and O–H groups in total. The van der Waals surface area contributed by atoms with Gasteiger partial charge in [-0.1, -0.05) is 6.07 Å². The van der Waals surface area contributed by atoms with Gasteiger partial charge in [-0.05, 0) is 38.5 Å². The van der Waals surface area contributed by atoms with E-state index in [0.29, 0.717) is 11.5 Å². The second-order valence-corrected chi connectivity index (χ2v) is 4.47. The van der Waals surface area contributed by atoms with Crippen LogP contribution < -0.4 is 5.32 Å². The summed E-state index contributed by atoms with van der Waals surface area (Å²) in [5.74, 6) is 0.468. The van der Waals surface area contributed by atoms with Crippen LogP contribution >= 0.6 is 0 Å². The van der Waals surface area contributed by atoms with E-state index in [1.54, 1.807) is 24.5 Å². The first kappa shape index (κ1) is 12.3. The highest BCUT2D eigenvalue weighted by Crippen LogP contribution is 2.08. The Morgan fingerprint density at radius 3 is 2.78 bits per heavy atom. The van der Waals surface area contributed by atoms with E-state index in [1.165, 1.54) is 4.68 Å². The van der Waals surface area contributed by atoms with Crippen molar-refractivity contribution >= 4 is 11.7 Å². The van der Waals surface area contributed by atoms with Crippen molar-refractivity contribution in [1.82, 2.24) is 14.8 Å². The number of aryl methyl sites for hydroxylation is 1. The maximum atomic E-state index is 12.1. The Balaban J connectivity index is 2.25. The second-order valence-electron chi connectivity index (χ2n) is 4.47. The number of nitrogens with one attached hydrogen (secondary N) is 1. The Kier molecular flexibility index (Phi) is 3.41. The van der Waals surface area contributed by atoms with Crippen molar-refractivity contribution in [2.24, 2.45) is 0 Å². The van der Waals surface area contributed by atoms with E-state index in [9.17, 15) is 4.79 Å². The lowest BCUT2D eigenvalue weighted by Crippen LogP contribution is -2.16. The molecular formula is C13H16N4O. The van der Waals surface area contributed by atoms with Crippen LogP contribution in [0.4, 0.5) is 5.82 Å². The predicted molar refractivity (Wildman–Crippen MR) is 69.7 cm³/mol.